The molecule has 1 rings (SSSR count). The molecule has 0 amide bonds. The third-order valence-corrected chi connectivity index (χ3v) is 2.83. The molecule has 0 aromatic carbocycles. The lowest BCUT2D eigenvalue weighted by molar-refractivity contribution is -0.248. The summed E-state index contributed by atoms with van der Waals surface area (Å²) in [6.45, 7) is 5.91. The zero-order valence-electron chi connectivity index (χ0n) is 8.15. The fourth-order valence-corrected chi connectivity index (χ4v) is 1.65. The van der Waals surface area contributed by atoms with E-state index in [1.165, 1.54) is 0 Å². The molecule has 0 aromatic rings. The van der Waals surface area contributed by atoms with Crippen molar-refractivity contribution in [1.29, 1.82) is 0 Å². The van der Waals surface area contributed by atoms with Gasteiger partial charge in [-0.3, -0.25) is 0 Å². The van der Waals surface area contributed by atoms with Gasteiger partial charge >= 0.3 is 0 Å². The van der Waals surface area contributed by atoms with Crippen molar-refractivity contribution in [3.05, 3.63) is 0 Å². The monoisotopic (exact) mass is 174 g/mol. The first kappa shape index (κ1) is 9.96. The van der Waals surface area contributed by atoms with Crippen LogP contribution in [0.3, 0.4) is 0 Å². The van der Waals surface area contributed by atoms with Crippen LogP contribution in [0.4, 0.5) is 0 Å². The van der Waals surface area contributed by atoms with Gasteiger partial charge in [-0.1, -0.05) is 13.8 Å². The molecule has 3 heteroatoms. The lowest BCUT2D eigenvalue weighted by Crippen LogP contribution is -2.48. The molecule has 1 saturated heterocycles. The molecule has 0 spiro atoms. The minimum atomic E-state index is -0.321. The van der Waals surface area contributed by atoms with Crippen molar-refractivity contribution in [3.63, 3.8) is 0 Å². The summed E-state index contributed by atoms with van der Waals surface area (Å²) in [5, 5.41) is 9.76. The molecule has 72 valence electrons. The topological polar surface area (TPSA) is 38.7 Å². The molecule has 0 aliphatic carbocycles. The minimum absolute atomic E-state index is 0.0567. The van der Waals surface area contributed by atoms with E-state index in [-0.39, 0.29) is 30.3 Å². The Morgan fingerprint density at radius 3 is 2.25 bits per heavy atom. The van der Waals surface area contributed by atoms with E-state index in [9.17, 15) is 5.11 Å². The maximum Gasteiger partial charge on any atom is 0.162 e. The summed E-state index contributed by atoms with van der Waals surface area (Å²) in [5.74, 6) is 0.243. The smallest absolute Gasteiger partial charge is 0.162 e. The Hall–Kier alpha value is -0.120. The van der Waals surface area contributed by atoms with E-state index < -0.39 is 0 Å². The van der Waals surface area contributed by atoms with Crippen molar-refractivity contribution in [2.24, 2.45) is 11.8 Å². The average molecular weight is 174 g/mol. The van der Waals surface area contributed by atoms with Crippen molar-refractivity contribution in [2.75, 3.05) is 7.11 Å². The molecule has 1 heterocycles. The third kappa shape index (κ3) is 1.63. The Morgan fingerprint density at radius 1 is 1.17 bits per heavy atom. The normalized spacial score (nSPS) is 49.2. The first-order valence-corrected chi connectivity index (χ1v) is 4.44. The SMILES string of the molecule is COC1O[C@H](C)[C@H](C)[C@H](O)[C@H]1C. The molecule has 0 saturated carbocycles. The highest BCUT2D eigenvalue weighted by atomic mass is 16.7. The van der Waals surface area contributed by atoms with Crippen LogP contribution in [0.5, 0.6) is 0 Å². The second kappa shape index (κ2) is 3.73. The van der Waals surface area contributed by atoms with Gasteiger partial charge in [-0.25, -0.2) is 0 Å². The van der Waals surface area contributed by atoms with Crippen LogP contribution in [0.2, 0.25) is 0 Å². The van der Waals surface area contributed by atoms with Crippen LogP contribution in [0.15, 0.2) is 0 Å². The van der Waals surface area contributed by atoms with E-state index in [0.29, 0.717) is 0 Å². The zero-order chi connectivity index (χ0) is 9.30. The lowest BCUT2D eigenvalue weighted by Gasteiger charge is -2.40. The van der Waals surface area contributed by atoms with E-state index in [1.807, 2.05) is 20.8 Å². The highest BCUT2D eigenvalue weighted by Crippen LogP contribution is 2.29. The van der Waals surface area contributed by atoms with Crippen LogP contribution in [-0.2, 0) is 9.47 Å². The summed E-state index contributed by atoms with van der Waals surface area (Å²) in [6, 6.07) is 0. The number of aliphatic hydroxyl groups is 1. The minimum Gasteiger partial charge on any atom is -0.392 e. The van der Waals surface area contributed by atoms with Crippen LogP contribution < -0.4 is 0 Å². The van der Waals surface area contributed by atoms with Gasteiger partial charge in [-0.05, 0) is 6.92 Å². The van der Waals surface area contributed by atoms with Crippen molar-refractivity contribution in [3.8, 4) is 0 Å². The predicted molar refractivity (Wildman–Crippen MR) is 45.7 cm³/mol. The quantitative estimate of drug-likeness (QED) is 0.644. The summed E-state index contributed by atoms with van der Waals surface area (Å²) in [5.41, 5.74) is 0. The van der Waals surface area contributed by atoms with E-state index in [4.69, 9.17) is 9.47 Å². The van der Waals surface area contributed by atoms with Gasteiger partial charge in [0, 0.05) is 18.9 Å². The van der Waals surface area contributed by atoms with Gasteiger partial charge in [0.1, 0.15) is 0 Å². The molecular weight excluding hydrogens is 156 g/mol. The summed E-state index contributed by atoms with van der Waals surface area (Å²) in [4.78, 5) is 0. The molecule has 3 nitrogen and oxygen atoms in total. The van der Waals surface area contributed by atoms with E-state index in [0.717, 1.165) is 0 Å². The van der Waals surface area contributed by atoms with Crippen molar-refractivity contribution in [2.45, 2.75) is 39.3 Å². The fraction of sp³-hybridized carbons (Fsp3) is 1.00. The molecule has 1 N–H and O–H groups in total. The van der Waals surface area contributed by atoms with Crippen molar-refractivity contribution >= 4 is 0 Å². The Bertz CT molecular complexity index is 144. The Balaban J connectivity index is 2.63. The molecule has 1 aliphatic heterocycles. The number of ether oxygens (including phenoxy) is 2. The van der Waals surface area contributed by atoms with Crippen LogP contribution in [0, 0.1) is 11.8 Å². The first-order chi connectivity index (χ1) is 5.57. The van der Waals surface area contributed by atoms with Crippen LogP contribution >= 0.6 is 0 Å². The first-order valence-electron chi connectivity index (χ1n) is 4.44. The van der Waals surface area contributed by atoms with Crippen molar-refractivity contribution < 1.29 is 14.6 Å². The molecule has 0 bridgehead atoms. The molecule has 1 unspecified atom stereocenters. The second-order valence-electron chi connectivity index (χ2n) is 3.65. The van der Waals surface area contributed by atoms with Gasteiger partial charge in [0.25, 0.3) is 0 Å². The zero-order valence-corrected chi connectivity index (χ0v) is 8.15. The maximum atomic E-state index is 9.76. The average Bonchev–Trinajstić information content (AvgIpc) is 2.08. The van der Waals surface area contributed by atoms with Crippen LogP contribution in [-0.4, -0.2) is 30.7 Å². The lowest BCUT2D eigenvalue weighted by atomic mass is 9.86. The molecule has 12 heavy (non-hydrogen) atoms. The van der Waals surface area contributed by atoms with Gasteiger partial charge in [0.2, 0.25) is 0 Å². The second-order valence-corrected chi connectivity index (χ2v) is 3.65. The maximum absolute atomic E-state index is 9.76. The number of methoxy groups -OCH3 is 1. The van der Waals surface area contributed by atoms with Gasteiger partial charge in [0.05, 0.1) is 12.2 Å². The summed E-state index contributed by atoms with van der Waals surface area (Å²) < 4.78 is 10.7. The molecule has 1 fully saturated rings. The number of hydrogen-bond acceptors (Lipinski definition) is 3. The predicted octanol–water partition coefficient (Wildman–Crippen LogP) is 1.01. The van der Waals surface area contributed by atoms with E-state index in [1.54, 1.807) is 7.11 Å². The van der Waals surface area contributed by atoms with Gasteiger partial charge in [-0.15, -0.1) is 0 Å². The third-order valence-electron chi connectivity index (χ3n) is 2.83. The number of hydrogen-bond donors (Lipinski definition) is 1. The number of aliphatic hydroxyl groups excluding tert-OH is 1. The summed E-state index contributed by atoms with van der Waals surface area (Å²) in [6.07, 6.45) is -0.508. The largest absolute Gasteiger partial charge is 0.392 e. The van der Waals surface area contributed by atoms with Crippen LogP contribution in [0.1, 0.15) is 20.8 Å². The molecule has 0 radical (unpaired) electrons. The van der Waals surface area contributed by atoms with E-state index in [2.05, 4.69) is 0 Å². The molecule has 0 aromatic heterocycles. The van der Waals surface area contributed by atoms with Crippen LogP contribution in [0.25, 0.3) is 0 Å². The number of rotatable bonds is 1. The molecule has 5 atom stereocenters. The van der Waals surface area contributed by atoms with Gasteiger partial charge in [0.15, 0.2) is 6.29 Å². The van der Waals surface area contributed by atoms with E-state index >= 15 is 0 Å². The Kier molecular flexibility index (Phi) is 3.09. The van der Waals surface area contributed by atoms with Crippen molar-refractivity contribution in [1.82, 2.24) is 0 Å². The fourth-order valence-electron chi connectivity index (χ4n) is 1.65. The molecular formula is C9H18O3. The summed E-state index contributed by atoms with van der Waals surface area (Å²) in [7, 11) is 1.61. The molecule has 1 aliphatic rings. The standard InChI is InChI=1S/C9H18O3/c1-5-7(3)12-9(11-4)6(2)8(5)10/h5-10H,1-4H3/t5-,6+,7+,8-,9?/m0/s1. The Morgan fingerprint density at radius 2 is 1.75 bits per heavy atom. The Labute approximate surface area is 73.7 Å². The highest BCUT2D eigenvalue weighted by molar-refractivity contribution is 4.82. The summed E-state index contributed by atoms with van der Waals surface area (Å²) >= 11 is 0. The highest BCUT2D eigenvalue weighted by Gasteiger charge is 2.38. The van der Waals surface area contributed by atoms with Gasteiger partial charge in [-0.2, -0.15) is 0 Å². The van der Waals surface area contributed by atoms with Gasteiger partial charge < -0.3 is 14.6 Å².